The summed E-state index contributed by atoms with van der Waals surface area (Å²) in [6.45, 7) is 5.99. The summed E-state index contributed by atoms with van der Waals surface area (Å²) >= 11 is 0. The third-order valence-corrected chi connectivity index (χ3v) is 6.72. The van der Waals surface area contributed by atoms with Gasteiger partial charge in [0, 0.05) is 50.5 Å². The van der Waals surface area contributed by atoms with Gasteiger partial charge in [-0.2, -0.15) is 5.10 Å². The van der Waals surface area contributed by atoms with E-state index < -0.39 is 6.04 Å². The van der Waals surface area contributed by atoms with Crippen LogP contribution in [0.15, 0.2) is 65.6 Å². The highest BCUT2D eigenvalue weighted by molar-refractivity contribution is 6.08. The number of carbonyl (C=O) groups excluding carboxylic acids is 1. The monoisotopic (exact) mass is 443 g/mol. The lowest BCUT2D eigenvalue weighted by Gasteiger charge is -2.36. The van der Waals surface area contributed by atoms with E-state index >= 15 is 0 Å². The molecule has 170 valence electrons. The van der Waals surface area contributed by atoms with Crippen LogP contribution in [0.3, 0.4) is 0 Å². The minimum absolute atomic E-state index is 0.0818. The number of rotatable bonds is 5. The normalized spacial score (nSPS) is 15.9. The maximum absolute atomic E-state index is 13.7. The van der Waals surface area contributed by atoms with Crippen molar-refractivity contribution in [1.82, 2.24) is 24.1 Å². The predicted molar refractivity (Wildman–Crippen MR) is 130 cm³/mol. The third-order valence-electron chi connectivity index (χ3n) is 6.72. The second kappa shape index (κ2) is 8.83. The van der Waals surface area contributed by atoms with Gasteiger partial charge in [-0.1, -0.05) is 55.5 Å². The number of carbonyl (C=O) groups is 1. The minimum Gasteiger partial charge on any atom is -0.338 e. The van der Waals surface area contributed by atoms with Crippen molar-refractivity contribution in [2.45, 2.75) is 25.9 Å². The van der Waals surface area contributed by atoms with Crippen molar-refractivity contribution >= 4 is 27.7 Å². The Kier molecular flexibility index (Phi) is 5.72. The van der Waals surface area contributed by atoms with E-state index in [1.54, 1.807) is 13.2 Å². The van der Waals surface area contributed by atoms with Gasteiger partial charge >= 0.3 is 0 Å². The van der Waals surface area contributed by atoms with Gasteiger partial charge in [-0.25, -0.2) is 4.68 Å². The Morgan fingerprint density at radius 1 is 0.970 bits per heavy atom. The predicted octanol–water partition coefficient (Wildman–Crippen LogP) is 3.18. The van der Waals surface area contributed by atoms with E-state index in [2.05, 4.69) is 34.3 Å². The number of nitrogens with zero attached hydrogens (tertiary/aromatic N) is 5. The summed E-state index contributed by atoms with van der Waals surface area (Å²) in [6.07, 6.45) is 2.34. The first-order valence-electron chi connectivity index (χ1n) is 11.6. The zero-order valence-electron chi connectivity index (χ0n) is 19.1. The Morgan fingerprint density at radius 2 is 1.67 bits per heavy atom. The maximum Gasteiger partial charge on any atom is 0.291 e. The van der Waals surface area contributed by atoms with Gasteiger partial charge in [0.15, 0.2) is 0 Å². The lowest BCUT2D eigenvalue weighted by atomic mass is 10.1. The molecule has 1 fully saturated rings. The number of aromatic nitrogens is 3. The van der Waals surface area contributed by atoms with Crippen molar-refractivity contribution in [1.29, 1.82) is 0 Å². The first-order valence-corrected chi connectivity index (χ1v) is 11.6. The van der Waals surface area contributed by atoms with Crippen molar-refractivity contribution < 1.29 is 4.79 Å². The summed E-state index contributed by atoms with van der Waals surface area (Å²) < 4.78 is 3.30. The Labute approximate surface area is 192 Å². The van der Waals surface area contributed by atoms with E-state index in [1.807, 2.05) is 46.7 Å². The van der Waals surface area contributed by atoms with Gasteiger partial charge in [0.25, 0.3) is 5.56 Å². The molecule has 1 atom stereocenters. The van der Waals surface area contributed by atoms with Crippen LogP contribution in [-0.2, 0) is 18.4 Å². The highest BCUT2D eigenvalue weighted by atomic mass is 16.2. The third kappa shape index (κ3) is 3.82. The molecule has 0 radical (unpaired) electrons. The molecule has 7 heteroatoms. The van der Waals surface area contributed by atoms with Crippen LogP contribution in [0.25, 0.3) is 21.8 Å². The summed E-state index contributed by atoms with van der Waals surface area (Å²) in [7, 11) is 1.65. The fraction of sp³-hybridized carbons (Fsp3) is 0.346. The van der Waals surface area contributed by atoms with Crippen LogP contribution >= 0.6 is 0 Å². The topological polar surface area (TPSA) is 63.4 Å². The van der Waals surface area contributed by atoms with Crippen LogP contribution in [-0.4, -0.2) is 56.2 Å². The fourth-order valence-electron chi connectivity index (χ4n) is 4.96. The number of piperazine rings is 1. The lowest BCUT2D eigenvalue weighted by molar-refractivity contribution is -0.136. The molecule has 1 saturated heterocycles. The van der Waals surface area contributed by atoms with Crippen molar-refractivity contribution in [2.24, 2.45) is 7.05 Å². The smallest absolute Gasteiger partial charge is 0.291 e. The standard InChI is InChI=1S/C26H29N5O2/c1-3-22(25(32)30-15-13-29(14-16-30)18-19-9-5-4-6-10-19)31-23-12-8-7-11-20(23)21-17-27-28(2)26(33)24(21)31/h4-12,17,22H,3,13-16,18H2,1-2H3/t22-/m0/s1. The van der Waals surface area contributed by atoms with Gasteiger partial charge in [0.1, 0.15) is 11.6 Å². The van der Waals surface area contributed by atoms with Crippen molar-refractivity contribution in [3.05, 3.63) is 76.7 Å². The lowest BCUT2D eigenvalue weighted by Crippen LogP contribution is -2.50. The Balaban J connectivity index is 1.44. The Bertz CT molecular complexity index is 1350. The molecule has 2 aromatic heterocycles. The van der Waals surface area contributed by atoms with E-state index in [0.717, 1.165) is 35.9 Å². The fourth-order valence-corrected chi connectivity index (χ4v) is 4.96. The zero-order chi connectivity index (χ0) is 22.9. The number of benzene rings is 2. The molecular formula is C26H29N5O2. The van der Waals surface area contributed by atoms with Crippen LogP contribution in [0.4, 0.5) is 0 Å². The quantitative estimate of drug-likeness (QED) is 0.475. The zero-order valence-corrected chi connectivity index (χ0v) is 19.1. The molecule has 0 bridgehead atoms. The number of para-hydroxylation sites is 1. The molecule has 0 saturated carbocycles. The number of aryl methyl sites for hydroxylation is 1. The van der Waals surface area contributed by atoms with Crippen molar-refractivity contribution in [3.63, 3.8) is 0 Å². The average Bonchev–Trinajstić information content (AvgIpc) is 3.18. The van der Waals surface area contributed by atoms with Gasteiger partial charge in [-0.05, 0) is 18.1 Å². The van der Waals surface area contributed by atoms with Gasteiger partial charge in [-0.3, -0.25) is 14.5 Å². The number of hydrogen-bond donors (Lipinski definition) is 0. The molecule has 0 unspecified atom stereocenters. The molecule has 33 heavy (non-hydrogen) atoms. The van der Waals surface area contributed by atoms with Gasteiger partial charge in [0.05, 0.1) is 11.7 Å². The van der Waals surface area contributed by atoms with Crippen molar-refractivity contribution in [2.75, 3.05) is 26.2 Å². The van der Waals surface area contributed by atoms with E-state index in [9.17, 15) is 9.59 Å². The molecule has 0 aliphatic carbocycles. The van der Waals surface area contributed by atoms with Crippen molar-refractivity contribution in [3.8, 4) is 0 Å². The summed E-state index contributed by atoms with van der Waals surface area (Å²) in [5.74, 6) is 0.0818. The Morgan fingerprint density at radius 3 is 2.39 bits per heavy atom. The minimum atomic E-state index is -0.428. The molecule has 2 aromatic carbocycles. The van der Waals surface area contributed by atoms with Crippen LogP contribution in [0.2, 0.25) is 0 Å². The first-order chi connectivity index (χ1) is 16.1. The number of hydrogen-bond acceptors (Lipinski definition) is 4. The second-order valence-electron chi connectivity index (χ2n) is 8.73. The Hall–Kier alpha value is -3.45. The van der Waals surface area contributed by atoms with Crippen LogP contribution < -0.4 is 5.56 Å². The number of amides is 1. The summed E-state index contributed by atoms with van der Waals surface area (Å²) in [5.41, 5.74) is 2.57. The van der Waals surface area contributed by atoms with Crippen LogP contribution in [0, 0.1) is 0 Å². The highest BCUT2D eigenvalue weighted by Gasteiger charge is 2.30. The van der Waals surface area contributed by atoms with Gasteiger partial charge in [-0.15, -0.1) is 0 Å². The molecule has 1 aliphatic heterocycles. The molecule has 1 aliphatic rings. The maximum atomic E-state index is 13.7. The largest absolute Gasteiger partial charge is 0.338 e. The molecule has 7 nitrogen and oxygen atoms in total. The summed E-state index contributed by atoms with van der Waals surface area (Å²) in [5, 5.41) is 5.98. The van der Waals surface area contributed by atoms with Crippen LogP contribution in [0.1, 0.15) is 24.9 Å². The molecule has 3 heterocycles. The summed E-state index contributed by atoms with van der Waals surface area (Å²) in [4.78, 5) is 31.2. The van der Waals surface area contributed by atoms with Gasteiger partial charge in [0.2, 0.25) is 5.91 Å². The van der Waals surface area contributed by atoms with E-state index in [1.165, 1.54) is 10.2 Å². The molecule has 0 spiro atoms. The summed E-state index contributed by atoms with van der Waals surface area (Å²) in [6, 6.07) is 17.9. The highest BCUT2D eigenvalue weighted by Crippen LogP contribution is 2.31. The van der Waals surface area contributed by atoms with Gasteiger partial charge < -0.3 is 9.47 Å². The number of fused-ring (bicyclic) bond motifs is 3. The second-order valence-corrected chi connectivity index (χ2v) is 8.73. The molecule has 5 rings (SSSR count). The average molecular weight is 444 g/mol. The molecule has 4 aromatic rings. The molecular weight excluding hydrogens is 414 g/mol. The van der Waals surface area contributed by atoms with E-state index in [0.29, 0.717) is 25.0 Å². The van der Waals surface area contributed by atoms with E-state index in [4.69, 9.17) is 0 Å². The molecule has 1 amide bonds. The van der Waals surface area contributed by atoms with Crippen LogP contribution in [0.5, 0.6) is 0 Å². The molecule has 0 N–H and O–H groups in total. The SMILES string of the molecule is CC[C@@H](C(=O)N1CCN(Cc2ccccc2)CC1)n1c2ccccc2c2cnn(C)c(=O)c21. The van der Waals surface area contributed by atoms with E-state index in [-0.39, 0.29) is 11.5 Å². The first kappa shape index (κ1) is 21.4.